The molecule has 0 bridgehead atoms. The summed E-state index contributed by atoms with van der Waals surface area (Å²) in [6.07, 6.45) is 1.72. The van der Waals surface area contributed by atoms with Gasteiger partial charge in [-0.1, -0.05) is 29.8 Å². The number of hydrogen-bond acceptors (Lipinski definition) is 2. The van der Waals surface area contributed by atoms with Gasteiger partial charge in [-0.25, -0.2) is 4.79 Å². The first-order valence-corrected chi connectivity index (χ1v) is 6.03. The molecule has 5 heteroatoms. The molecule has 92 valence electrons. The van der Waals surface area contributed by atoms with Gasteiger partial charge in [-0.05, 0) is 24.5 Å². The second kappa shape index (κ2) is 5.89. The number of benzene rings is 1. The van der Waals surface area contributed by atoms with Gasteiger partial charge in [-0.3, -0.25) is 0 Å². The summed E-state index contributed by atoms with van der Waals surface area (Å²) in [6.45, 7) is 1.13. The molecule has 1 heterocycles. The van der Waals surface area contributed by atoms with Crippen molar-refractivity contribution in [3.63, 3.8) is 0 Å². The van der Waals surface area contributed by atoms with E-state index in [2.05, 4.69) is 10.6 Å². The number of rotatable bonds is 3. The first kappa shape index (κ1) is 12.2. The van der Waals surface area contributed by atoms with Crippen molar-refractivity contribution in [3.8, 4) is 0 Å². The van der Waals surface area contributed by atoms with Crippen molar-refractivity contribution < 1.29 is 9.53 Å². The van der Waals surface area contributed by atoms with E-state index in [9.17, 15) is 4.79 Å². The molecule has 2 rings (SSSR count). The van der Waals surface area contributed by atoms with Crippen molar-refractivity contribution in [2.45, 2.75) is 25.6 Å². The molecular formula is C12H15ClN2O2. The predicted molar refractivity (Wildman–Crippen MR) is 65.8 cm³/mol. The Morgan fingerprint density at radius 3 is 3.00 bits per heavy atom. The summed E-state index contributed by atoms with van der Waals surface area (Å²) >= 11 is 5.98. The first-order valence-electron chi connectivity index (χ1n) is 5.65. The molecule has 1 unspecified atom stereocenters. The van der Waals surface area contributed by atoms with Crippen LogP contribution in [0.4, 0.5) is 4.79 Å². The smallest absolute Gasteiger partial charge is 0.317 e. The van der Waals surface area contributed by atoms with Crippen LogP contribution in [0, 0.1) is 0 Å². The summed E-state index contributed by atoms with van der Waals surface area (Å²) in [4.78, 5) is 11.5. The molecule has 1 atom stereocenters. The molecule has 2 amide bonds. The molecule has 1 aliphatic rings. The van der Waals surface area contributed by atoms with Gasteiger partial charge in [-0.15, -0.1) is 0 Å². The topological polar surface area (TPSA) is 50.4 Å². The molecule has 0 spiro atoms. The number of urea groups is 1. The van der Waals surface area contributed by atoms with Gasteiger partial charge in [0.2, 0.25) is 0 Å². The van der Waals surface area contributed by atoms with Gasteiger partial charge in [0.15, 0.2) is 0 Å². The monoisotopic (exact) mass is 254 g/mol. The normalized spacial score (nSPS) is 19.0. The van der Waals surface area contributed by atoms with Gasteiger partial charge in [0.05, 0.1) is 0 Å². The van der Waals surface area contributed by atoms with Crippen molar-refractivity contribution in [3.05, 3.63) is 34.9 Å². The fourth-order valence-corrected chi connectivity index (χ4v) is 1.91. The highest BCUT2D eigenvalue weighted by molar-refractivity contribution is 6.31. The van der Waals surface area contributed by atoms with Crippen LogP contribution < -0.4 is 10.6 Å². The average molecular weight is 255 g/mol. The van der Waals surface area contributed by atoms with Gasteiger partial charge in [0, 0.05) is 18.2 Å². The Balaban J connectivity index is 1.77. The number of carbonyl (C=O) groups is 1. The molecule has 1 saturated heterocycles. The third kappa shape index (κ3) is 3.61. The lowest BCUT2D eigenvalue weighted by Gasteiger charge is -2.13. The maximum Gasteiger partial charge on any atom is 0.317 e. The number of amides is 2. The van der Waals surface area contributed by atoms with Crippen LogP contribution in [-0.2, 0) is 11.3 Å². The molecule has 4 nitrogen and oxygen atoms in total. The predicted octanol–water partition coefficient (Wildman–Crippen LogP) is 2.28. The maximum atomic E-state index is 11.5. The van der Waals surface area contributed by atoms with Gasteiger partial charge >= 0.3 is 6.03 Å². The van der Waals surface area contributed by atoms with Crippen LogP contribution in [0.1, 0.15) is 18.4 Å². The zero-order chi connectivity index (χ0) is 12.1. The fraction of sp³-hybridized carbons (Fsp3) is 0.417. The second-order valence-electron chi connectivity index (χ2n) is 3.92. The molecule has 2 N–H and O–H groups in total. The van der Waals surface area contributed by atoms with Crippen LogP contribution in [0.5, 0.6) is 0 Å². The van der Waals surface area contributed by atoms with Crippen molar-refractivity contribution in [2.75, 3.05) is 6.61 Å². The lowest BCUT2D eigenvalue weighted by atomic mass is 10.2. The molecule has 1 aromatic carbocycles. The van der Waals surface area contributed by atoms with E-state index in [4.69, 9.17) is 16.3 Å². The molecular weight excluding hydrogens is 240 g/mol. The number of carbonyl (C=O) groups excluding carboxylic acids is 1. The van der Waals surface area contributed by atoms with Gasteiger partial charge < -0.3 is 15.4 Å². The van der Waals surface area contributed by atoms with Crippen LogP contribution in [0.15, 0.2) is 24.3 Å². The number of halogens is 1. The highest BCUT2D eigenvalue weighted by Crippen LogP contribution is 2.14. The molecule has 1 aliphatic heterocycles. The summed E-state index contributed by atoms with van der Waals surface area (Å²) < 4.78 is 5.30. The van der Waals surface area contributed by atoms with E-state index in [1.807, 2.05) is 18.2 Å². The van der Waals surface area contributed by atoms with Crippen LogP contribution in [0.3, 0.4) is 0 Å². The summed E-state index contributed by atoms with van der Waals surface area (Å²) in [7, 11) is 0. The Kier molecular flexibility index (Phi) is 4.23. The number of nitrogens with one attached hydrogen (secondary N) is 2. The van der Waals surface area contributed by atoms with E-state index in [0.29, 0.717) is 11.6 Å². The highest BCUT2D eigenvalue weighted by Gasteiger charge is 2.17. The minimum Gasteiger partial charge on any atom is -0.358 e. The van der Waals surface area contributed by atoms with Crippen molar-refractivity contribution in [1.82, 2.24) is 10.6 Å². The van der Waals surface area contributed by atoms with E-state index < -0.39 is 0 Å². The molecule has 0 aliphatic carbocycles. The molecule has 0 radical (unpaired) electrons. The summed E-state index contributed by atoms with van der Waals surface area (Å²) in [5.41, 5.74) is 0.900. The second-order valence-corrected chi connectivity index (χ2v) is 4.33. The van der Waals surface area contributed by atoms with Crippen LogP contribution in [-0.4, -0.2) is 18.9 Å². The van der Waals surface area contributed by atoms with Gasteiger partial charge in [0.1, 0.15) is 6.23 Å². The zero-order valence-corrected chi connectivity index (χ0v) is 10.2. The highest BCUT2D eigenvalue weighted by atomic mass is 35.5. The third-order valence-electron chi connectivity index (χ3n) is 2.62. The molecule has 1 fully saturated rings. The Hall–Kier alpha value is -1.26. The quantitative estimate of drug-likeness (QED) is 0.870. The molecule has 17 heavy (non-hydrogen) atoms. The lowest BCUT2D eigenvalue weighted by molar-refractivity contribution is 0.0907. The van der Waals surface area contributed by atoms with E-state index >= 15 is 0 Å². The average Bonchev–Trinajstić information content (AvgIpc) is 2.81. The summed E-state index contributed by atoms with van der Waals surface area (Å²) in [5, 5.41) is 6.16. The van der Waals surface area contributed by atoms with Crippen molar-refractivity contribution >= 4 is 17.6 Å². The van der Waals surface area contributed by atoms with Gasteiger partial charge in [0.25, 0.3) is 0 Å². The molecule has 1 aromatic rings. The minimum atomic E-state index is -0.225. The van der Waals surface area contributed by atoms with E-state index in [0.717, 1.165) is 25.0 Å². The molecule has 0 aromatic heterocycles. The van der Waals surface area contributed by atoms with Crippen LogP contribution in [0.2, 0.25) is 5.02 Å². The number of hydrogen-bond donors (Lipinski definition) is 2. The summed E-state index contributed by atoms with van der Waals surface area (Å²) in [5.74, 6) is 0. The molecule has 0 saturated carbocycles. The van der Waals surface area contributed by atoms with Crippen LogP contribution >= 0.6 is 11.6 Å². The van der Waals surface area contributed by atoms with Crippen LogP contribution in [0.25, 0.3) is 0 Å². The SMILES string of the molecule is O=C(NCc1ccccc1Cl)NC1CCCO1. The largest absolute Gasteiger partial charge is 0.358 e. The van der Waals surface area contributed by atoms with E-state index in [1.165, 1.54) is 0 Å². The Morgan fingerprint density at radius 1 is 1.47 bits per heavy atom. The van der Waals surface area contributed by atoms with Crippen molar-refractivity contribution in [2.24, 2.45) is 0 Å². The third-order valence-corrected chi connectivity index (χ3v) is 2.99. The van der Waals surface area contributed by atoms with Crippen molar-refractivity contribution in [1.29, 1.82) is 0 Å². The fourth-order valence-electron chi connectivity index (χ4n) is 1.71. The van der Waals surface area contributed by atoms with E-state index in [1.54, 1.807) is 6.07 Å². The van der Waals surface area contributed by atoms with E-state index in [-0.39, 0.29) is 12.3 Å². The maximum absolute atomic E-state index is 11.5. The lowest BCUT2D eigenvalue weighted by Crippen LogP contribution is -2.41. The Bertz CT molecular complexity index is 392. The Morgan fingerprint density at radius 2 is 2.29 bits per heavy atom. The standard InChI is InChI=1S/C12H15ClN2O2/c13-10-5-2-1-4-9(10)8-14-12(16)15-11-6-3-7-17-11/h1-2,4-5,11H,3,6-8H2,(H2,14,15,16). The minimum absolute atomic E-state index is 0.152. The zero-order valence-electron chi connectivity index (χ0n) is 9.41. The Labute approximate surface area is 105 Å². The van der Waals surface area contributed by atoms with Gasteiger partial charge in [-0.2, -0.15) is 0 Å². The number of ether oxygens (including phenoxy) is 1. The summed E-state index contributed by atoms with van der Waals surface area (Å²) in [6, 6.07) is 7.21. The first-order chi connectivity index (χ1) is 8.25.